The molecule has 25 heavy (non-hydrogen) atoms. The lowest BCUT2D eigenvalue weighted by molar-refractivity contribution is 0.0999. The van der Waals surface area contributed by atoms with E-state index < -0.39 is 0 Å². The summed E-state index contributed by atoms with van der Waals surface area (Å²) in [7, 11) is 0. The summed E-state index contributed by atoms with van der Waals surface area (Å²) in [5.74, 6) is -0.261. The maximum atomic E-state index is 12.7. The lowest BCUT2D eigenvalue weighted by atomic mass is 10.2. The number of hydrogen-bond acceptors (Lipinski definition) is 3. The zero-order valence-electron chi connectivity index (χ0n) is 13.6. The van der Waals surface area contributed by atoms with Gasteiger partial charge in [-0.2, -0.15) is 4.99 Å². The average Bonchev–Trinajstić information content (AvgIpc) is 3.22. The molecule has 3 heterocycles. The number of aromatic nitrogens is 3. The van der Waals surface area contributed by atoms with Gasteiger partial charge in [-0.25, -0.2) is 4.98 Å². The zero-order chi connectivity index (χ0) is 17.2. The third kappa shape index (κ3) is 3.16. The van der Waals surface area contributed by atoms with E-state index in [1.54, 1.807) is 12.4 Å². The second-order valence-electron chi connectivity index (χ2n) is 5.83. The Balaban J connectivity index is 1.70. The van der Waals surface area contributed by atoms with Crippen molar-refractivity contribution in [1.82, 2.24) is 14.5 Å². The molecule has 0 atom stereocenters. The van der Waals surface area contributed by atoms with Gasteiger partial charge in [0.2, 0.25) is 0 Å². The number of fused-ring (bicyclic) bond motifs is 1. The van der Waals surface area contributed by atoms with E-state index in [0.717, 1.165) is 10.9 Å². The number of benzene rings is 1. The Hall–Kier alpha value is -2.99. The van der Waals surface area contributed by atoms with E-state index in [1.807, 2.05) is 47.3 Å². The minimum Gasteiger partial charge on any atom is -0.345 e. The van der Waals surface area contributed by atoms with Gasteiger partial charge in [-0.1, -0.05) is 30.3 Å². The molecule has 124 valence electrons. The molecule has 5 nitrogen and oxygen atoms in total. The summed E-state index contributed by atoms with van der Waals surface area (Å²) in [5, 5.41) is 2.75. The van der Waals surface area contributed by atoms with Crippen LogP contribution < -0.4 is 4.80 Å². The van der Waals surface area contributed by atoms with Crippen LogP contribution in [-0.2, 0) is 6.54 Å². The summed E-state index contributed by atoms with van der Waals surface area (Å²) < 4.78 is 1.98. The predicted molar refractivity (Wildman–Crippen MR) is 98.6 cm³/mol. The molecule has 0 saturated carbocycles. The number of pyridine rings is 1. The van der Waals surface area contributed by atoms with Crippen molar-refractivity contribution in [1.29, 1.82) is 0 Å². The smallest absolute Gasteiger partial charge is 0.281 e. The van der Waals surface area contributed by atoms with Crippen LogP contribution in [0.2, 0.25) is 0 Å². The molecule has 4 rings (SSSR count). The largest absolute Gasteiger partial charge is 0.345 e. The van der Waals surface area contributed by atoms with Crippen LogP contribution in [0.15, 0.2) is 65.4 Å². The summed E-state index contributed by atoms with van der Waals surface area (Å²) in [5.41, 5.74) is 3.43. The normalized spacial score (nSPS) is 12.0. The molecule has 6 heteroatoms. The monoisotopic (exact) mass is 348 g/mol. The van der Waals surface area contributed by atoms with Gasteiger partial charge in [-0.15, -0.1) is 11.3 Å². The molecule has 1 N–H and O–H groups in total. The lowest BCUT2D eigenvalue weighted by Crippen LogP contribution is -2.17. The van der Waals surface area contributed by atoms with Crippen molar-refractivity contribution in [3.63, 3.8) is 0 Å². The highest BCUT2D eigenvalue weighted by atomic mass is 32.1. The molecule has 3 aromatic heterocycles. The number of aryl methyl sites for hydroxylation is 1. The average molecular weight is 348 g/mol. The number of H-pyrrole nitrogens is 1. The quantitative estimate of drug-likeness (QED) is 0.616. The number of carbonyl (C=O) groups excluding carboxylic acids is 1. The standard InChI is InChI=1S/C19H16N4OS/c1-13-9-15-16(11-21-17(15)20-10-13)18(24)22-19-23(7-8-25-19)12-14-5-3-2-4-6-14/h2-11H,12H2,1H3,(H,20,21). The van der Waals surface area contributed by atoms with Crippen LogP contribution in [0.3, 0.4) is 0 Å². The fourth-order valence-corrected chi connectivity index (χ4v) is 3.45. The van der Waals surface area contributed by atoms with E-state index in [4.69, 9.17) is 0 Å². The Labute approximate surface area is 148 Å². The van der Waals surface area contributed by atoms with Crippen LogP contribution in [-0.4, -0.2) is 20.4 Å². The zero-order valence-corrected chi connectivity index (χ0v) is 14.5. The van der Waals surface area contributed by atoms with Gasteiger partial charge in [-0.05, 0) is 24.1 Å². The Kier molecular flexibility index (Phi) is 4.03. The van der Waals surface area contributed by atoms with Gasteiger partial charge in [0, 0.05) is 35.9 Å². The first-order valence-electron chi connectivity index (χ1n) is 7.91. The molecule has 0 bridgehead atoms. The van der Waals surface area contributed by atoms with Crippen LogP contribution in [0.4, 0.5) is 0 Å². The highest BCUT2D eigenvalue weighted by molar-refractivity contribution is 7.07. The van der Waals surface area contributed by atoms with Gasteiger partial charge in [0.15, 0.2) is 4.80 Å². The third-order valence-corrected chi connectivity index (χ3v) is 4.75. The Morgan fingerprint density at radius 2 is 2.16 bits per heavy atom. The molecular weight excluding hydrogens is 332 g/mol. The van der Waals surface area contributed by atoms with Gasteiger partial charge in [0.05, 0.1) is 5.56 Å². The van der Waals surface area contributed by atoms with E-state index in [2.05, 4.69) is 27.1 Å². The molecule has 0 fully saturated rings. The van der Waals surface area contributed by atoms with Crippen LogP contribution in [0.1, 0.15) is 21.5 Å². The van der Waals surface area contributed by atoms with Gasteiger partial charge < -0.3 is 9.55 Å². The summed E-state index contributed by atoms with van der Waals surface area (Å²) in [6.45, 7) is 2.64. The number of nitrogens with one attached hydrogen (secondary N) is 1. The molecule has 4 aromatic rings. The van der Waals surface area contributed by atoms with E-state index in [0.29, 0.717) is 22.6 Å². The van der Waals surface area contributed by atoms with E-state index in [1.165, 1.54) is 16.9 Å². The van der Waals surface area contributed by atoms with Crippen molar-refractivity contribution in [2.75, 3.05) is 0 Å². The Bertz CT molecular complexity index is 1110. The van der Waals surface area contributed by atoms with Crippen LogP contribution >= 0.6 is 11.3 Å². The summed E-state index contributed by atoms with van der Waals surface area (Å²) in [6, 6.07) is 12.1. The van der Waals surface area contributed by atoms with Crippen LogP contribution in [0.5, 0.6) is 0 Å². The van der Waals surface area contributed by atoms with Crippen LogP contribution in [0.25, 0.3) is 11.0 Å². The second kappa shape index (κ2) is 6.49. The maximum Gasteiger partial charge on any atom is 0.281 e. The van der Waals surface area contributed by atoms with Crippen molar-refractivity contribution >= 4 is 28.3 Å². The van der Waals surface area contributed by atoms with Gasteiger partial charge in [0.1, 0.15) is 5.65 Å². The third-order valence-electron chi connectivity index (χ3n) is 3.95. The molecule has 0 unspecified atom stereocenters. The van der Waals surface area contributed by atoms with Gasteiger partial charge >= 0.3 is 0 Å². The van der Waals surface area contributed by atoms with E-state index in [9.17, 15) is 4.79 Å². The molecule has 0 aliphatic heterocycles. The fourth-order valence-electron chi connectivity index (χ4n) is 2.72. The molecule has 0 spiro atoms. The predicted octanol–water partition coefficient (Wildman–Crippen LogP) is 3.52. The van der Waals surface area contributed by atoms with Gasteiger partial charge in [0.25, 0.3) is 5.91 Å². The van der Waals surface area contributed by atoms with Crippen molar-refractivity contribution in [2.24, 2.45) is 4.99 Å². The minimum absolute atomic E-state index is 0.261. The van der Waals surface area contributed by atoms with E-state index >= 15 is 0 Å². The first kappa shape index (κ1) is 15.5. The Morgan fingerprint density at radius 1 is 1.32 bits per heavy atom. The molecule has 0 saturated heterocycles. The molecule has 0 radical (unpaired) electrons. The van der Waals surface area contributed by atoms with Gasteiger partial charge in [-0.3, -0.25) is 4.79 Å². The fraction of sp³-hybridized carbons (Fsp3) is 0.105. The van der Waals surface area contributed by atoms with Crippen molar-refractivity contribution in [2.45, 2.75) is 13.5 Å². The lowest BCUT2D eigenvalue weighted by Gasteiger charge is -2.02. The molecule has 0 aliphatic rings. The number of nitrogens with zero attached hydrogens (tertiary/aromatic N) is 3. The topological polar surface area (TPSA) is 63.0 Å². The van der Waals surface area contributed by atoms with E-state index in [-0.39, 0.29) is 5.91 Å². The summed E-state index contributed by atoms with van der Waals surface area (Å²) >= 11 is 1.45. The second-order valence-corrected chi connectivity index (χ2v) is 6.70. The van der Waals surface area contributed by atoms with Crippen molar-refractivity contribution in [3.8, 4) is 0 Å². The maximum absolute atomic E-state index is 12.7. The molecular formula is C19H16N4OS. The summed E-state index contributed by atoms with van der Waals surface area (Å²) in [6.07, 6.45) is 5.40. The first-order valence-corrected chi connectivity index (χ1v) is 8.79. The number of hydrogen-bond donors (Lipinski definition) is 1. The SMILES string of the molecule is Cc1cnc2[nH]cc(C(=O)N=c3sccn3Cc3ccccc3)c2c1. The molecule has 1 aromatic carbocycles. The number of carbonyl (C=O) groups is 1. The van der Waals surface area contributed by atoms with Crippen molar-refractivity contribution < 1.29 is 4.79 Å². The highest BCUT2D eigenvalue weighted by Gasteiger charge is 2.12. The number of rotatable bonds is 3. The molecule has 0 aliphatic carbocycles. The Morgan fingerprint density at radius 3 is 3.00 bits per heavy atom. The molecule has 1 amide bonds. The summed E-state index contributed by atoms with van der Waals surface area (Å²) in [4.78, 5) is 25.0. The number of amides is 1. The first-order chi connectivity index (χ1) is 12.2. The highest BCUT2D eigenvalue weighted by Crippen LogP contribution is 2.18. The number of aromatic amines is 1. The van der Waals surface area contributed by atoms with Crippen molar-refractivity contribution in [3.05, 3.63) is 81.9 Å². The minimum atomic E-state index is -0.261. The van der Waals surface area contributed by atoms with Crippen LogP contribution in [0, 0.1) is 6.92 Å². The number of thiazole rings is 1.